The summed E-state index contributed by atoms with van der Waals surface area (Å²) in [7, 11) is 0. The van der Waals surface area contributed by atoms with Crippen molar-refractivity contribution in [3.05, 3.63) is 12.3 Å². The molecule has 0 radical (unpaired) electrons. The van der Waals surface area contributed by atoms with E-state index in [4.69, 9.17) is 4.98 Å². The van der Waals surface area contributed by atoms with Crippen LogP contribution in [-0.2, 0) is 4.79 Å². The molecule has 22 heavy (non-hydrogen) atoms. The van der Waals surface area contributed by atoms with E-state index in [9.17, 15) is 4.79 Å². The highest BCUT2D eigenvalue weighted by Crippen LogP contribution is 2.22. The predicted octanol–water partition coefficient (Wildman–Crippen LogP) is 1.38. The summed E-state index contributed by atoms with van der Waals surface area (Å²) in [4.78, 5) is 27.0. The van der Waals surface area contributed by atoms with Gasteiger partial charge in [-0.15, -0.1) is 0 Å². The number of anilines is 2. The highest BCUT2D eigenvalue weighted by atomic mass is 16.2. The van der Waals surface area contributed by atoms with Gasteiger partial charge in [-0.2, -0.15) is 4.98 Å². The fourth-order valence-corrected chi connectivity index (χ4v) is 3.13. The molecule has 0 aliphatic carbocycles. The maximum absolute atomic E-state index is 11.4. The summed E-state index contributed by atoms with van der Waals surface area (Å²) in [6, 6.07) is 2.01. The molecule has 0 bridgehead atoms. The Bertz CT molecular complexity index is 519. The van der Waals surface area contributed by atoms with Crippen molar-refractivity contribution in [2.24, 2.45) is 5.92 Å². The van der Waals surface area contributed by atoms with Gasteiger partial charge < -0.3 is 14.7 Å². The van der Waals surface area contributed by atoms with Gasteiger partial charge in [0.1, 0.15) is 5.82 Å². The van der Waals surface area contributed by atoms with Gasteiger partial charge in [0.05, 0.1) is 0 Å². The number of aromatic nitrogens is 2. The molecule has 0 unspecified atom stereocenters. The number of carbonyl (C=O) groups is 1. The van der Waals surface area contributed by atoms with Crippen LogP contribution in [0.15, 0.2) is 12.3 Å². The maximum Gasteiger partial charge on any atom is 0.227 e. The van der Waals surface area contributed by atoms with Crippen LogP contribution in [-0.4, -0.2) is 60.0 Å². The minimum absolute atomic E-state index is 0.150. The van der Waals surface area contributed by atoms with Crippen molar-refractivity contribution in [1.82, 2.24) is 14.9 Å². The number of amides is 1. The zero-order valence-electron chi connectivity index (χ0n) is 13.5. The summed E-state index contributed by atoms with van der Waals surface area (Å²) >= 11 is 0. The minimum atomic E-state index is 0.150. The van der Waals surface area contributed by atoms with E-state index in [0.717, 1.165) is 57.0 Å². The van der Waals surface area contributed by atoms with E-state index < -0.39 is 0 Å². The van der Waals surface area contributed by atoms with Gasteiger partial charge in [0.25, 0.3) is 0 Å². The van der Waals surface area contributed by atoms with E-state index in [1.54, 1.807) is 6.92 Å². The standard InChI is InChI=1S/C16H25N5O/c1-13-4-7-20(8-5-13)15-3-6-17-16(18-15)21-11-9-19(10-12-21)14(2)22/h3,6,13H,4-5,7-12H2,1-2H3. The highest BCUT2D eigenvalue weighted by Gasteiger charge is 2.22. The van der Waals surface area contributed by atoms with Gasteiger partial charge in [0.2, 0.25) is 11.9 Å². The Labute approximate surface area is 132 Å². The molecule has 1 aromatic rings. The van der Waals surface area contributed by atoms with Crippen LogP contribution in [0.2, 0.25) is 0 Å². The van der Waals surface area contributed by atoms with Gasteiger partial charge in [-0.25, -0.2) is 4.98 Å². The summed E-state index contributed by atoms with van der Waals surface area (Å²) in [6.07, 6.45) is 4.32. The Morgan fingerprint density at radius 2 is 1.77 bits per heavy atom. The molecule has 3 rings (SSSR count). The molecule has 120 valence electrons. The fraction of sp³-hybridized carbons (Fsp3) is 0.688. The van der Waals surface area contributed by atoms with E-state index >= 15 is 0 Å². The third-order valence-electron chi connectivity index (χ3n) is 4.74. The van der Waals surface area contributed by atoms with Gasteiger partial charge in [-0.05, 0) is 24.8 Å². The van der Waals surface area contributed by atoms with Crippen LogP contribution in [0.25, 0.3) is 0 Å². The summed E-state index contributed by atoms with van der Waals surface area (Å²) in [6.45, 7) is 9.22. The smallest absolute Gasteiger partial charge is 0.227 e. The molecular formula is C16H25N5O. The van der Waals surface area contributed by atoms with Crippen molar-refractivity contribution >= 4 is 17.7 Å². The van der Waals surface area contributed by atoms with Crippen molar-refractivity contribution in [3.8, 4) is 0 Å². The molecule has 2 aliphatic rings. The number of nitrogens with zero attached hydrogens (tertiary/aromatic N) is 5. The second-order valence-corrected chi connectivity index (χ2v) is 6.38. The Morgan fingerprint density at radius 3 is 2.41 bits per heavy atom. The van der Waals surface area contributed by atoms with Gasteiger partial charge in [0, 0.05) is 52.4 Å². The van der Waals surface area contributed by atoms with E-state index in [-0.39, 0.29) is 5.91 Å². The number of piperidine rings is 1. The molecule has 2 fully saturated rings. The fourth-order valence-electron chi connectivity index (χ4n) is 3.13. The lowest BCUT2D eigenvalue weighted by Gasteiger charge is -2.35. The Morgan fingerprint density at radius 1 is 1.09 bits per heavy atom. The topological polar surface area (TPSA) is 52.6 Å². The molecule has 0 saturated carbocycles. The van der Waals surface area contributed by atoms with Crippen LogP contribution in [0, 0.1) is 5.92 Å². The van der Waals surface area contributed by atoms with Crippen molar-refractivity contribution in [2.75, 3.05) is 49.1 Å². The number of carbonyl (C=O) groups excluding carboxylic acids is 1. The monoisotopic (exact) mass is 303 g/mol. The van der Waals surface area contributed by atoms with Crippen molar-refractivity contribution in [3.63, 3.8) is 0 Å². The molecule has 3 heterocycles. The second-order valence-electron chi connectivity index (χ2n) is 6.38. The number of piperazine rings is 1. The van der Waals surface area contributed by atoms with Gasteiger partial charge in [0.15, 0.2) is 0 Å². The van der Waals surface area contributed by atoms with Crippen LogP contribution in [0.5, 0.6) is 0 Å². The first-order valence-electron chi connectivity index (χ1n) is 8.22. The number of hydrogen-bond donors (Lipinski definition) is 0. The van der Waals surface area contributed by atoms with E-state index in [0.29, 0.717) is 0 Å². The third-order valence-corrected chi connectivity index (χ3v) is 4.74. The van der Waals surface area contributed by atoms with Crippen LogP contribution < -0.4 is 9.80 Å². The quantitative estimate of drug-likeness (QED) is 0.826. The first-order valence-corrected chi connectivity index (χ1v) is 8.22. The lowest BCUT2D eigenvalue weighted by atomic mass is 9.99. The molecule has 1 amide bonds. The molecule has 0 aromatic carbocycles. The molecule has 2 aliphatic heterocycles. The first kappa shape index (κ1) is 15.1. The van der Waals surface area contributed by atoms with Gasteiger partial charge in [-0.3, -0.25) is 4.79 Å². The van der Waals surface area contributed by atoms with Crippen LogP contribution in [0.3, 0.4) is 0 Å². The normalized spacial score (nSPS) is 20.4. The predicted molar refractivity (Wildman–Crippen MR) is 87.1 cm³/mol. The summed E-state index contributed by atoms with van der Waals surface area (Å²) in [5.41, 5.74) is 0. The zero-order valence-corrected chi connectivity index (χ0v) is 13.5. The van der Waals surface area contributed by atoms with Crippen molar-refractivity contribution in [2.45, 2.75) is 26.7 Å². The molecule has 6 nitrogen and oxygen atoms in total. The average Bonchev–Trinajstić information content (AvgIpc) is 2.56. The van der Waals surface area contributed by atoms with E-state index in [1.807, 2.05) is 17.2 Å². The average molecular weight is 303 g/mol. The molecule has 0 atom stereocenters. The number of hydrogen-bond acceptors (Lipinski definition) is 5. The van der Waals surface area contributed by atoms with Crippen molar-refractivity contribution < 1.29 is 4.79 Å². The lowest BCUT2D eigenvalue weighted by Crippen LogP contribution is -2.48. The summed E-state index contributed by atoms with van der Waals surface area (Å²) in [5, 5.41) is 0. The van der Waals surface area contributed by atoms with Gasteiger partial charge in [-0.1, -0.05) is 6.92 Å². The molecular weight excluding hydrogens is 278 g/mol. The summed E-state index contributed by atoms with van der Waals surface area (Å²) in [5.74, 6) is 2.79. The van der Waals surface area contributed by atoms with Crippen LogP contribution >= 0.6 is 0 Å². The highest BCUT2D eigenvalue weighted by molar-refractivity contribution is 5.73. The molecule has 1 aromatic heterocycles. The minimum Gasteiger partial charge on any atom is -0.356 e. The van der Waals surface area contributed by atoms with Gasteiger partial charge >= 0.3 is 0 Å². The third kappa shape index (κ3) is 3.31. The SMILES string of the molecule is CC(=O)N1CCN(c2nccc(N3CCC(C)CC3)n2)CC1. The molecule has 0 spiro atoms. The zero-order chi connectivity index (χ0) is 15.5. The molecule has 0 N–H and O–H groups in total. The Hall–Kier alpha value is -1.85. The van der Waals surface area contributed by atoms with Crippen LogP contribution in [0.4, 0.5) is 11.8 Å². The van der Waals surface area contributed by atoms with E-state index in [2.05, 4.69) is 21.7 Å². The number of rotatable bonds is 2. The Balaban J connectivity index is 1.66. The Kier molecular flexibility index (Phi) is 4.45. The van der Waals surface area contributed by atoms with E-state index in [1.165, 1.54) is 12.8 Å². The molecule has 2 saturated heterocycles. The maximum atomic E-state index is 11.4. The molecule has 6 heteroatoms. The second kappa shape index (κ2) is 6.50. The lowest BCUT2D eigenvalue weighted by molar-refractivity contribution is -0.129. The van der Waals surface area contributed by atoms with Crippen LogP contribution in [0.1, 0.15) is 26.7 Å². The largest absolute Gasteiger partial charge is 0.356 e. The summed E-state index contributed by atoms with van der Waals surface area (Å²) < 4.78 is 0. The first-order chi connectivity index (χ1) is 10.6. The van der Waals surface area contributed by atoms with Crippen molar-refractivity contribution in [1.29, 1.82) is 0 Å².